The van der Waals surface area contributed by atoms with Crippen LogP contribution in [0.3, 0.4) is 0 Å². The van der Waals surface area contributed by atoms with Gasteiger partial charge in [-0.2, -0.15) is 0 Å². The molecule has 0 aliphatic carbocycles. The number of carbonyl (C=O) groups excluding carboxylic acids is 1. The van der Waals surface area contributed by atoms with E-state index in [1.807, 2.05) is 22.6 Å². The fourth-order valence-corrected chi connectivity index (χ4v) is 3.41. The molecule has 1 aliphatic rings. The third-order valence-corrected chi connectivity index (χ3v) is 5.02. The smallest absolute Gasteiger partial charge is 0.407 e. The van der Waals surface area contributed by atoms with E-state index in [2.05, 4.69) is 5.32 Å². The molecule has 1 atom stereocenters. The molecule has 1 saturated heterocycles. The van der Waals surface area contributed by atoms with Crippen molar-refractivity contribution >= 4 is 46.0 Å². The molecule has 8 nitrogen and oxygen atoms in total. The number of nitrogens with one attached hydrogen (secondary N) is 1. The van der Waals surface area contributed by atoms with Gasteiger partial charge in [-0.15, -0.1) is 0 Å². The summed E-state index contributed by atoms with van der Waals surface area (Å²) in [5.74, 6) is -2.39. The number of amides is 2. The SMILES string of the molecule is NC(=O)c1c(Nc2ccc(I)cc2F)cc(F)cc1OCC1CN(C(=O)O)CCO1. The highest BCUT2D eigenvalue weighted by atomic mass is 127. The van der Waals surface area contributed by atoms with Crippen LogP contribution in [0.1, 0.15) is 10.4 Å². The number of hydrogen-bond acceptors (Lipinski definition) is 5. The number of benzene rings is 2. The number of morpholine rings is 1. The topological polar surface area (TPSA) is 114 Å². The van der Waals surface area contributed by atoms with E-state index in [1.54, 1.807) is 6.07 Å². The zero-order valence-electron chi connectivity index (χ0n) is 15.5. The lowest BCUT2D eigenvalue weighted by Gasteiger charge is -2.31. The average molecular weight is 533 g/mol. The zero-order valence-corrected chi connectivity index (χ0v) is 17.7. The number of rotatable bonds is 6. The van der Waals surface area contributed by atoms with Crippen molar-refractivity contribution in [1.82, 2.24) is 4.90 Å². The number of ether oxygens (including phenoxy) is 2. The Balaban J connectivity index is 1.84. The summed E-state index contributed by atoms with van der Waals surface area (Å²) < 4.78 is 40.0. The maximum absolute atomic E-state index is 14.2. The molecule has 1 unspecified atom stereocenters. The van der Waals surface area contributed by atoms with Crippen molar-refractivity contribution in [3.63, 3.8) is 0 Å². The Morgan fingerprint density at radius 2 is 2.07 bits per heavy atom. The minimum atomic E-state index is -1.09. The van der Waals surface area contributed by atoms with Crippen LogP contribution in [0.25, 0.3) is 0 Å². The van der Waals surface area contributed by atoms with Crippen LogP contribution in [0.4, 0.5) is 25.0 Å². The molecule has 2 aromatic rings. The molecule has 1 fully saturated rings. The van der Waals surface area contributed by atoms with Crippen LogP contribution in [0.2, 0.25) is 0 Å². The molecule has 0 aromatic heterocycles. The Morgan fingerprint density at radius 3 is 2.73 bits per heavy atom. The first-order chi connectivity index (χ1) is 14.2. The fourth-order valence-electron chi connectivity index (χ4n) is 2.96. The number of halogens is 3. The number of nitrogens with zero attached hydrogens (tertiary/aromatic N) is 1. The molecule has 1 aliphatic heterocycles. The summed E-state index contributed by atoms with van der Waals surface area (Å²) >= 11 is 1.94. The predicted molar refractivity (Wildman–Crippen MR) is 112 cm³/mol. The summed E-state index contributed by atoms with van der Waals surface area (Å²) in [5.41, 5.74) is 5.26. The van der Waals surface area contributed by atoms with Gasteiger partial charge in [0, 0.05) is 16.2 Å². The second kappa shape index (κ2) is 9.43. The molecule has 11 heteroatoms. The van der Waals surface area contributed by atoms with Crippen molar-refractivity contribution in [3.8, 4) is 5.75 Å². The summed E-state index contributed by atoms with van der Waals surface area (Å²) in [5, 5.41) is 11.8. The minimum absolute atomic E-state index is 0.0298. The number of hydrogen-bond donors (Lipinski definition) is 3. The average Bonchev–Trinajstić information content (AvgIpc) is 2.68. The van der Waals surface area contributed by atoms with Gasteiger partial charge in [-0.3, -0.25) is 4.79 Å². The molecule has 0 saturated carbocycles. The van der Waals surface area contributed by atoms with Gasteiger partial charge in [-0.25, -0.2) is 13.6 Å². The maximum Gasteiger partial charge on any atom is 0.407 e. The van der Waals surface area contributed by atoms with Crippen LogP contribution in [-0.4, -0.2) is 54.4 Å². The zero-order chi connectivity index (χ0) is 21.8. The Morgan fingerprint density at radius 1 is 1.30 bits per heavy atom. The Hall–Kier alpha value is -2.67. The minimum Gasteiger partial charge on any atom is -0.490 e. The van der Waals surface area contributed by atoms with E-state index >= 15 is 0 Å². The van der Waals surface area contributed by atoms with Crippen molar-refractivity contribution < 1.29 is 33.0 Å². The number of carbonyl (C=O) groups is 2. The third kappa shape index (κ3) is 5.27. The molecule has 1 heterocycles. The fraction of sp³-hybridized carbons (Fsp3) is 0.263. The van der Waals surface area contributed by atoms with E-state index in [1.165, 1.54) is 17.0 Å². The van der Waals surface area contributed by atoms with Crippen molar-refractivity contribution in [2.24, 2.45) is 5.73 Å². The van der Waals surface area contributed by atoms with E-state index in [0.717, 1.165) is 12.1 Å². The summed E-state index contributed by atoms with van der Waals surface area (Å²) in [6, 6.07) is 6.35. The molecule has 0 spiro atoms. The first-order valence-electron chi connectivity index (χ1n) is 8.82. The van der Waals surface area contributed by atoms with Crippen molar-refractivity contribution in [2.45, 2.75) is 6.10 Å². The highest BCUT2D eigenvalue weighted by Crippen LogP contribution is 2.32. The van der Waals surface area contributed by atoms with Gasteiger partial charge < -0.3 is 30.5 Å². The monoisotopic (exact) mass is 533 g/mol. The highest BCUT2D eigenvalue weighted by Gasteiger charge is 2.26. The van der Waals surface area contributed by atoms with E-state index in [-0.39, 0.29) is 49.0 Å². The molecule has 0 radical (unpaired) electrons. The molecular weight excluding hydrogens is 515 g/mol. The predicted octanol–water partition coefficient (Wildman–Crippen LogP) is 3.17. The van der Waals surface area contributed by atoms with Crippen LogP contribution in [0, 0.1) is 15.2 Å². The van der Waals surface area contributed by atoms with Crippen molar-refractivity contribution in [2.75, 3.05) is 31.6 Å². The van der Waals surface area contributed by atoms with Gasteiger partial charge in [0.15, 0.2) is 0 Å². The molecule has 0 bridgehead atoms. The molecule has 160 valence electrons. The van der Waals surface area contributed by atoms with Crippen LogP contribution >= 0.6 is 22.6 Å². The summed E-state index contributed by atoms with van der Waals surface area (Å²) in [4.78, 5) is 24.3. The summed E-state index contributed by atoms with van der Waals surface area (Å²) in [6.45, 7) is 0.347. The van der Waals surface area contributed by atoms with Gasteiger partial charge in [0.2, 0.25) is 0 Å². The van der Waals surface area contributed by atoms with Crippen molar-refractivity contribution in [1.29, 1.82) is 0 Å². The standard InChI is InChI=1S/C19H18F2IN3O5/c20-10-5-15(24-14-2-1-11(22)7-13(14)21)17(18(23)26)16(6-10)30-9-12-8-25(19(27)28)3-4-29-12/h1-2,5-7,12,24H,3-4,8-9H2,(H2,23,26)(H,27,28). The second-order valence-electron chi connectivity index (χ2n) is 6.47. The van der Waals surface area contributed by atoms with Crippen molar-refractivity contribution in [3.05, 3.63) is 51.1 Å². The third-order valence-electron chi connectivity index (χ3n) is 4.35. The lowest BCUT2D eigenvalue weighted by atomic mass is 10.1. The molecular formula is C19H18F2IN3O5. The lowest BCUT2D eigenvalue weighted by molar-refractivity contribution is -0.0413. The van der Waals surface area contributed by atoms with Gasteiger partial charge in [-0.05, 0) is 46.9 Å². The maximum atomic E-state index is 14.2. The summed E-state index contributed by atoms with van der Waals surface area (Å²) in [7, 11) is 0. The highest BCUT2D eigenvalue weighted by molar-refractivity contribution is 14.1. The molecule has 3 rings (SSSR count). The summed E-state index contributed by atoms with van der Waals surface area (Å²) in [6.07, 6.45) is -1.69. The van der Waals surface area contributed by atoms with Gasteiger partial charge in [0.25, 0.3) is 5.91 Å². The van der Waals surface area contributed by atoms with E-state index in [4.69, 9.17) is 20.3 Å². The number of primary amides is 1. The molecule has 4 N–H and O–H groups in total. The first-order valence-corrected chi connectivity index (χ1v) is 9.90. The van der Waals surface area contributed by atoms with Crippen LogP contribution in [0.15, 0.2) is 30.3 Å². The number of nitrogens with two attached hydrogens (primary N) is 1. The van der Waals surface area contributed by atoms with E-state index in [0.29, 0.717) is 3.57 Å². The lowest BCUT2D eigenvalue weighted by Crippen LogP contribution is -2.47. The van der Waals surface area contributed by atoms with Gasteiger partial charge >= 0.3 is 6.09 Å². The van der Waals surface area contributed by atoms with Gasteiger partial charge in [0.05, 0.1) is 24.5 Å². The first kappa shape index (κ1) is 22.0. The van der Waals surface area contributed by atoms with Gasteiger partial charge in [0.1, 0.15) is 35.7 Å². The quantitative estimate of drug-likeness (QED) is 0.492. The van der Waals surface area contributed by atoms with E-state index < -0.39 is 29.7 Å². The van der Waals surface area contributed by atoms with Crippen LogP contribution in [0.5, 0.6) is 5.75 Å². The Kier molecular flexibility index (Phi) is 6.92. The molecule has 2 aromatic carbocycles. The molecule has 2 amide bonds. The largest absolute Gasteiger partial charge is 0.490 e. The Bertz CT molecular complexity index is 975. The van der Waals surface area contributed by atoms with E-state index in [9.17, 15) is 18.4 Å². The Labute approximate surface area is 184 Å². The normalized spacial score (nSPS) is 16.2. The van der Waals surface area contributed by atoms with Gasteiger partial charge in [-0.1, -0.05) is 0 Å². The number of carboxylic acid groups (broad SMARTS) is 1. The molecule has 30 heavy (non-hydrogen) atoms. The van der Waals surface area contributed by atoms with Crippen LogP contribution in [-0.2, 0) is 4.74 Å². The van der Waals surface area contributed by atoms with Crippen LogP contribution < -0.4 is 15.8 Å². The second-order valence-corrected chi connectivity index (χ2v) is 7.72. The number of anilines is 2.